The number of alkyl halides is 9. The van der Waals surface area contributed by atoms with Gasteiger partial charge in [-0.15, -0.1) is 3.63 Å². The lowest BCUT2D eigenvalue weighted by molar-refractivity contribution is -0.0586. The molecule has 0 unspecified atom stereocenters. The molecule has 0 aliphatic heterocycles. The minimum absolute atomic E-state index is 0.382. The molecule has 0 atom stereocenters. The van der Waals surface area contributed by atoms with E-state index in [2.05, 4.69) is 20.1 Å². The number of hydrogen-bond acceptors (Lipinski definition) is 8. The fourth-order valence-corrected chi connectivity index (χ4v) is 4.01. The first-order chi connectivity index (χ1) is 14.9. The van der Waals surface area contributed by atoms with Crippen LogP contribution in [0.5, 0.6) is 5.75 Å². The quantitative estimate of drug-likeness (QED) is 0.273. The zero-order chi connectivity index (χ0) is 27.0. The van der Waals surface area contributed by atoms with E-state index in [0.717, 1.165) is 15.9 Å². The maximum atomic E-state index is 12.2. The van der Waals surface area contributed by atoms with Gasteiger partial charge in [0.2, 0.25) is 0 Å². The standard InChI is InChI=1S/C11H6BrF3O3S.C2F6O5S2/c12-9-3-1-8-6-10(4-2-7(8)5-9)18-19(16,17)11(13,14)15;3-1(4,5)14(9,10)13-15(11,12)2(6,7)8/h1-6H;. The second kappa shape index (κ2) is 9.66. The highest BCUT2D eigenvalue weighted by Gasteiger charge is 2.57. The first kappa shape index (κ1) is 30.2. The number of benzene rings is 2. The molecule has 0 aliphatic rings. The lowest BCUT2D eigenvalue weighted by Gasteiger charge is -2.10. The molecule has 0 saturated heterocycles. The van der Waals surface area contributed by atoms with Crippen LogP contribution in [0.1, 0.15) is 0 Å². The van der Waals surface area contributed by atoms with Crippen LogP contribution in [0.2, 0.25) is 0 Å². The third-order valence-corrected chi connectivity index (χ3v) is 7.05. The van der Waals surface area contributed by atoms with Crippen molar-refractivity contribution in [2.75, 3.05) is 0 Å². The molecule has 8 nitrogen and oxygen atoms in total. The van der Waals surface area contributed by atoms with E-state index in [9.17, 15) is 64.8 Å². The van der Waals surface area contributed by atoms with E-state index in [1.807, 2.05) is 3.63 Å². The number of hydrogen-bond donors (Lipinski definition) is 0. The minimum atomic E-state index is -6.85. The minimum Gasteiger partial charge on any atom is -0.376 e. The van der Waals surface area contributed by atoms with Gasteiger partial charge in [0.05, 0.1) is 0 Å². The van der Waals surface area contributed by atoms with Gasteiger partial charge >= 0.3 is 46.9 Å². The fourth-order valence-electron chi connectivity index (χ4n) is 1.62. The number of rotatable bonds is 4. The van der Waals surface area contributed by atoms with Gasteiger partial charge < -0.3 is 4.18 Å². The third kappa shape index (κ3) is 7.58. The fraction of sp³-hybridized carbons (Fsp3) is 0.231. The normalized spacial score (nSPS) is 13.8. The Kier molecular flexibility index (Phi) is 8.58. The van der Waals surface area contributed by atoms with E-state index in [1.54, 1.807) is 18.2 Å². The Balaban J connectivity index is 0.000000352. The highest BCUT2D eigenvalue weighted by molar-refractivity contribution is 9.10. The highest BCUT2D eigenvalue weighted by atomic mass is 79.9. The predicted octanol–water partition coefficient (Wildman–Crippen LogP) is 4.53. The molecule has 194 valence electrons. The molecule has 21 heteroatoms. The van der Waals surface area contributed by atoms with Crippen LogP contribution < -0.4 is 4.18 Å². The zero-order valence-corrected chi connectivity index (χ0v) is 19.3. The summed E-state index contributed by atoms with van der Waals surface area (Å²) in [5.74, 6) is -0.382. The monoisotopic (exact) mass is 636 g/mol. The van der Waals surface area contributed by atoms with E-state index < -0.39 is 46.9 Å². The molecule has 0 N–H and O–H groups in total. The second-order valence-electron chi connectivity index (χ2n) is 5.50. The van der Waals surface area contributed by atoms with Gasteiger partial charge in [-0.3, -0.25) is 0 Å². The molecule has 2 rings (SSSR count). The predicted molar refractivity (Wildman–Crippen MR) is 98.3 cm³/mol. The first-order valence-corrected chi connectivity index (χ1v) is 12.5. The van der Waals surface area contributed by atoms with Crippen LogP contribution in [-0.4, -0.2) is 41.8 Å². The topological polar surface area (TPSA) is 121 Å². The summed E-state index contributed by atoms with van der Waals surface area (Å²) in [6, 6.07) is 8.93. The summed E-state index contributed by atoms with van der Waals surface area (Å²) in [6.07, 6.45) is 0. The molecule has 0 fully saturated rings. The molecule has 0 saturated carbocycles. The molecule has 34 heavy (non-hydrogen) atoms. The van der Waals surface area contributed by atoms with Crippen LogP contribution in [0.25, 0.3) is 10.8 Å². The Hall–Kier alpha value is -1.84. The van der Waals surface area contributed by atoms with Crippen LogP contribution in [-0.2, 0) is 34.0 Å². The first-order valence-electron chi connectivity index (χ1n) is 7.43. The maximum Gasteiger partial charge on any atom is 0.534 e. The van der Waals surface area contributed by atoms with Crippen molar-refractivity contribution in [2.24, 2.45) is 0 Å². The summed E-state index contributed by atoms with van der Waals surface area (Å²) in [6.45, 7) is 0. The van der Waals surface area contributed by atoms with Crippen LogP contribution in [0, 0.1) is 0 Å². The van der Waals surface area contributed by atoms with Crippen molar-refractivity contribution in [3.63, 3.8) is 0 Å². The van der Waals surface area contributed by atoms with Crippen molar-refractivity contribution in [1.29, 1.82) is 0 Å². The summed E-state index contributed by atoms with van der Waals surface area (Å²) in [4.78, 5) is 0. The molecule has 0 radical (unpaired) electrons. The van der Waals surface area contributed by atoms with Gasteiger partial charge in [0, 0.05) is 4.47 Å². The number of halogens is 10. The Morgan fingerprint density at radius 3 is 1.38 bits per heavy atom. The Labute approximate surface area is 192 Å². The summed E-state index contributed by atoms with van der Waals surface area (Å²) < 4.78 is 173. The van der Waals surface area contributed by atoms with Gasteiger partial charge in [-0.05, 0) is 35.0 Å². The molecule has 0 spiro atoms. The summed E-state index contributed by atoms with van der Waals surface area (Å²) >= 11 is 3.25. The Morgan fingerprint density at radius 1 is 0.588 bits per heavy atom. The van der Waals surface area contributed by atoms with Gasteiger partial charge in [-0.25, -0.2) is 0 Å². The SMILES string of the molecule is O=S(=O)(OS(=O)(=O)C(F)(F)F)C(F)(F)F.O=S(=O)(Oc1ccc2cc(Br)ccc2c1)C(F)(F)F. The van der Waals surface area contributed by atoms with Crippen molar-refractivity contribution >= 4 is 57.1 Å². The molecule has 0 amide bonds. The van der Waals surface area contributed by atoms with Gasteiger partial charge in [0.25, 0.3) is 0 Å². The molecule has 0 bridgehead atoms. The van der Waals surface area contributed by atoms with Gasteiger partial charge in [0.1, 0.15) is 5.75 Å². The van der Waals surface area contributed by atoms with Crippen molar-refractivity contribution in [3.05, 3.63) is 40.9 Å². The average Bonchev–Trinajstić information content (AvgIpc) is 2.58. The van der Waals surface area contributed by atoms with E-state index in [-0.39, 0.29) is 5.75 Å². The van der Waals surface area contributed by atoms with E-state index in [1.165, 1.54) is 12.1 Å². The Bertz CT molecular complexity index is 1320. The molecule has 0 aromatic heterocycles. The third-order valence-electron chi connectivity index (χ3n) is 3.01. The van der Waals surface area contributed by atoms with Crippen molar-refractivity contribution in [2.45, 2.75) is 16.5 Å². The lowest BCUT2D eigenvalue weighted by Crippen LogP contribution is -2.34. The second-order valence-corrected chi connectivity index (χ2v) is 11.2. The van der Waals surface area contributed by atoms with Gasteiger partial charge in [-0.1, -0.05) is 28.1 Å². The number of fused-ring (bicyclic) bond motifs is 1. The summed E-state index contributed by atoms with van der Waals surface area (Å²) in [5, 5.41) is 1.31. The average molecular weight is 637 g/mol. The molecule has 0 aliphatic carbocycles. The highest BCUT2D eigenvalue weighted by Crippen LogP contribution is 2.32. The van der Waals surface area contributed by atoms with Crippen molar-refractivity contribution in [1.82, 2.24) is 0 Å². The summed E-state index contributed by atoms with van der Waals surface area (Å²) in [7, 11) is -19.3. The Morgan fingerprint density at radius 2 is 0.971 bits per heavy atom. The molecular formula is C13H6BrF9O8S3. The summed E-state index contributed by atoms with van der Waals surface area (Å²) in [5.41, 5.74) is -18.0. The molecular weight excluding hydrogens is 631 g/mol. The zero-order valence-electron chi connectivity index (χ0n) is 15.2. The lowest BCUT2D eigenvalue weighted by atomic mass is 10.1. The van der Waals surface area contributed by atoms with Crippen LogP contribution in [0.15, 0.2) is 40.9 Å². The van der Waals surface area contributed by atoms with Crippen LogP contribution in [0.3, 0.4) is 0 Å². The molecule has 2 aromatic carbocycles. The van der Waals surface area contributed by atoms with Crippen molar-refractivity contribution in [3.8, 4) is 5.75 Å². The smallest absolute Gasteiger partial charge is 0.376 e. The van der Waals surface area contributed by atoms with Gasteiger partial charge in [-0.2, -0.15) is 64.8 Å². The van der Waals surface area contributed by atoms with Gasteiger partial charge in [0.15, 0.2) is 0 Å². The van der Waals surface area contributed by atoms with Crippen LogP contribution in [0.4, 0.5) is 39.5 Å². The van der Waals surface area contributed by atoms with E-state index in [4.69, 9.17) is 0 Å². The van der Waals surface area contributed by atoms with E-state index in [0.29, 0.717) is 5.39 Å². The molecule has 2 aromatic rings. The maximum absolute atomic E-state index is 12.2. The van der Waals surface area contributed by atoms with E-state index >= 15 is 0 Å². The molecule has 0 heterocycles. The van der Waals surface area contributed by atoms with Crippen molar-refractivity contribution < 1.29 is 72.6 Å². The van der Waals surface area contributed by atoms with Crippen LogP contribution >= 0.6 is 15.9 Å². The largest absolute Gasteiger partial charge is 0.534 e.